The second-order valence-corrected chi connectivity index (χ2v) is 8.48. The minimum Gasteiger partial charge on any atom is -0.387 e. The lowest BCUT2D eigenvalue weighted by molar-refractivity contribution is -0.183. The van der Waals surface area contributed by atoms with Gasteiger partial charge in [-0.05, 0) is 0 Å². The average molecular weight is 425 g/mol. The third kappa shape index (κ3) is 2.73. The van der Waals surface area contributed by atoms with Gasteiger partial charge in [-0.25, -0.2) is 18.9 Å². The number of hydrogen-bond acceptors (Lipinski definition) is 10. The first kappa shape index (κ1) is 18.4. The molecule has 2 saturated heterocycles. The summed E-state index contributed by atoms with van der Waals surface area (Å²) in [6.45, 7) is -0.474. The number of aliphatic hydroxyl groups is 1. The quantitative estimate of drug-likeness (QED) is 0.351. The van der Waals surface area contributed by atoms with Crippen LogP contribution in [0.3, 0.4) is 0 Å². The second-order valence-electron chi connectivity index (χ2n) is 6.78. The Balaban J connectivity index is 1.44. The number of nitrogens with zero attached hydrogens (tertiary/aromatic N) is 5. The zero-order chi connectivity index (χ0) is 20.4. The number of nitrogens with one attached hydrogen (secondary N) is 1. The van der Waals surface area contributed by atoms with Crippen LogP contribution >= 0.6 is 7.75 Å². The summed E-state index contributed by atoms with van der Waals surface area (Å²) in [5, 5.41) is 10.7. The third-order valence-corrected chi connectivity index (χ3v) is 6.28. The molecular formula is C14H16N7O7P. The normalized spacial score (nSPS) is 30.8. The number of rotatable bonds is 5. The first-order valence-electron chi connectivity index (χ1n) is 8.47. The van der Waals surface area contributed by atoms with E-state index < -0.39 is 43.9 Å². The SMILES string of the molecule is Nc1nc2c(ncn2[C@@H]2O[C@@]3(COP(=O)(O)n4ccnc4)CO[C@H]2C3O)c(=O)[nH]1. The highest BCUT2D eigenvalue weighted by molar-refractivity contribution is 7.51. The zero-order valence-electron chi connectivity index (χ0n) is 14.7. The maximum absolute atomic E-state index is 12.4. The van der Waals surface area contributed by atoms with Gasteiger partial charge >= 0.3 is 7.75 Å². The highest BCUT2D eigenvalue weighted by Gasteiger charge is 2.62. The summed E-state index contributed by atoms with van der Waals surface area (Å²) in [5.74, 6) is -0.103. The fraction of sp³-hybridized carbons (Fsp3) is 0.429. The lowest BCUT2D eigenvalue weighted by atomic mass is 10.0. The lowest BCUT2D eigenvalue weighted by Crippen LogP contribution is -2.44. The van der Waals surface area contributed by atoms with Gasteiger partial charge in [0.25, 0.3) is 5.56 Å². The number of nitrogens with two attached hydrogens (primary N) is 1. The molecule has 154 valence electrons. The van der Waals surface area contributed by atoms with E-state index >= 15 is 0 Å². The van der Waals surface area contributed by atoms with Crippen LogP contribution in [0.25, 0.3) is 11.2 Å². The van der Waals surface area contributed by atoms with E-state index in [0.717, 1.165) is 10.7 Å². The maximum Gasteiger partial charge on any atom is 0.437 e. The van der Waals surface area contributed by atoms with Gasteiger partial charge < -0.3 is 25.2 Å². The van der Waals surface area contributed by atoms with Crippen molar-refractivity contribution in [2.45, 2.75) is 24.0 Å². The van der Waals surface area contributed by atoms with Gasteiger partial charge in [-0.15, -0.1) is 0 Å². The minimum atomic E-state index is -4.23. The lowest BCUT2D eigenvalue weighted by Gasteiger charge is -2.31. The van der Waals surface area contributed by atoms with Gasteiger partial charge in [0.1, 0.15) is 24.1 Å². The van der Waals surface area contributed by atoms with Crippen molar-refractivity contribution in [1.82, 2.24) is 28.8 Å². The number of H-pyrrole nitrogens is 1. The van der Waals surface area contributed by atoms with E-state index in [1.807, 2.05) is 0 Å². The number of aliphatic hydroxyl groups excluding tert-OH is 1. The molecule has 15 heteroatoms. The van der Waals surface area contributed by atoms with E-state index in [0.29, 0.717) is 0 Å². The Kier molecular flexibility index (Phi) is 3.93. The first-order chi connectivity index (χ1) is 13.8. The molecule has 3 aromatic heterocycles. The fourth-order valence-corrected chi connectivity index (χ4v) is 4.47. The second kappa shape index (κ2) is 6.19. The molecule has 0 amide bonds. The zero-order valence-corrected chi connectivity index (χ0v) is 15.5. The molecule has 2 unspecified atom stereocenters. The Bertz CT molecular complexity index is 1180. The van der Waals surface area contributed by atoms with Crippen LogP contribution in [0, 0.1) is 0 Å². The molecule has 0 aliphatic carbocycles. The van der Waals surface area contributed by atoms with E-state index in [4.69, 9.17) is 19.7 Å². The molecule has 0 saturated carbocycles. The molecule has 2 aliphatic rings. The molecule has 14 nitrogen and oxygen atoms in total. The Morgan fingerprint density at radius 1 is 1.48 bits per heavy atom. The van der Waals surface area contributed by atoms with Crippen molar-refractivity contribution in [2.75, 3.05) is 18.9 Å². The number of ether oxygens (including phenoxy) is 2. The van der Waals surface area contributed by atoms with Crippen molar-refractivity contribution in [3.05, 3.63) is 35.4 Å². The Morgan fingerprint density at radius 3 is 3.07 bits per heavy atom. The summed E-state index contributed by atoms with van der Waals surface area (Å²) >= 11 is 0. The molecule has 2 fully saturated rings. The Hall–Kier alpha value is -2.61. The number of nitrogen functional groups attached to an aromatic ring is 1. The van der Waals surface area contributed by atoms with Crippen LogP contribution < -0.4 is 11.3 Å². The summed E-state index contributed by atoms with van der Waals surface area (Å²) in [4.78, 5) is 36.2. The number of aromatic nitrogens is 6. The van der Waals surface area contributed by atoms with E-state index in [1.165, 1.54) is 23.3 Å². The van der Waals surface area contributed by atoms with Crippen molar-refractivity contribution in [3.8, 4) is 0 Å². The Morgan fingerprint density at radius 2 is 2.31 bits per heavy atom. The van der Waals surface area contributed by atoms with Crippen molar-refractivity contribution < 1.29 is 28.6 Å². The molecule has 5 N–H and O–H groups in total. The largest absolute Gasteiger partial charge is 0.437 e. The van der Waals surface area contributed by atoms with Crippen LogP contribution in [0.1, 0.15) is 6.23 Å². The van der Waals surface area contributed by atoms with Gasteiger partial charge in [0.15, 0.2) is 17.4 Å². The number of fused-ring (bicyclic) bond motifs is 3. The summed E-state index contributed by atoms with van der Waals surface area (Å²) in [6.07, 6.45) is 2.20. The number of anilines is 1. The highest BCUT2D eigenvalue weighted by atomic mass is 31.2. The number of imidazole rings is 2. The van der Waals surface area contributed by atoms with Crippen LogP contribution in [-0.4, -0.2) is 69.9 Å². The topological polar surface area (TPSA) is 193 Å². The van der Waals surface area contributed by atoms with Crippen LogP contribution in [-0.2, 0) is 18.6 Å². The van der Waals surface area contributed by atoms with Crippen LogP contribution in [0.15, 0.2) is 29.8 Å². The van der Waals surface area contributed by atoms with E-state index in [-0.39, 0.29) is 23.7 Å². The van der Waals surface area contributed by atoms with Crippen molar-refractivity contribution in [1.29, 1.82) is 0 Å². The molecule has 5 heterocycles. The molecule has 5 rings (SSSR count). The molecule has 0 spiro atoms. The maximum atomic E-state index is 12.4. The average Bonchev–Trinajstić information content (AvgIpc) is 3.44. The van der Waals surface area contributed by atoms with Gasteiger partial charge in [-0.1, -0.05) is 0 Å². The van der Waals surface area contributed by atoms with Gasteiger partial charge in [0, 0.05) is 12.4 Å². The standard InChI is InChI=1S/C14H16N7O7P/c15-13-18-10-7(11(23)19-13)17-6-21(10)12-8-9(22)14(28-12,3-26-8)4-27-29(24,25)20-2-1-16-5-20/h1-2,5-6,8-9,12,22H,3-4H2,(H,24,25)(H3,15,18,19,23)/t8-,9?,12+,14+/m0/s1. The number of aromatic amines is 1. The van der Waals surface area contributed by atoms with E-state index in [1.54, 1.807) is 0 Å². The van der Waals surface area contributed by atoms with Crippen molar-refractivity contribution in [2.24, 2.45) is 0 Å². The molecule has 2 aliphatic heterocycles. The molecular weight excluding hydrogens is 409 g/mol. The van der Waals surface area contributed by atoms with Gasteiger partial charge in [-0.3, -0.25) is 18.9 Å². The molecule has 29 heavy (non-hydrogen) atoms. The molecule has 0 aromatic carbocycles. The van der Waals surface area contributed by atoms with Gasteiger partial charge in [-0.2, -0.15) is 4.98 Å². The fourth-order valence-electron chi connectivity index (χ4n) is 3.53. The number of hydrogen-bond donors (Lipinski definition) is 4. The monoisotopic (exact) mass is 425 g/mol. The minimum absolute atomic E-state index is 0.0466. The highest BCUT2D eigenvalue weighted by Crippen LogP contribution is 2.50. The Labute approximate surface area is 161 Å². The first-order valence-corrected chi connectivity index (χ1v) is 10.00. The van der Waals surface area contributed by atoms with E-state index in [2.05, 4.69) is 19.9 Å². The van der Waals surface area contributed by atoms with E-state index in [9.17, 15) is 19.4 Å². The predicted molar refractivity (Wildman–Crippen MR) is 94.6 cm³/mol. The molecule has 0 radical (unpaired) electrons. The predicted octanol–water partition coefficient (Wildman–Crippen LogP) is -1.41. The van der Waals surface area contributed by atoms with Gasteiger partial charge in [0.05, 0.1) is 19.5 Å². The van der Waals surface area contributed by atoms with Crippen molar-refractivity contribution >= 4 is 24.9 Å². The molecule has 5 atom stereocenters. The van der Waals surface area contributed by atoms with Crippen LogP contribution in [0.2, 0.25) is 0 Å². The van der Waals surface area contributed by atoms with Crippen molar-refractivity contribution in [3.63, 3.8) is 0 Å². The smallest absolute Gasteiger partial charge is 0.387 e. The van der Waals surface area contributed by atoms with Crippen LogP contribution in [0.5, 0.6) is 0 Å². The summed E-state index contributed by atoms with van der Waals surface area (Å²) in [6, 6.07) is 0. The van der Waals surface area contributed by atoms with Gasteiger partial charge in [0.2, 0.25) is 5.95 Å². The molecule has 2 bridgehead atoms. The third-order valence-electron chi connectivity index (χ3n) is 4.99. The van der Waals surface area contributed by atoms with Crippen LogP contribution in [0.4, 0.5) is 5.95 Å². The summed E-state index contributed by atoms with van der Waals surface area (Å²) < 4.78 is 31.5. The summed E-state index contributed by atoms with van der Waals surface area (Å²) in [7, 11) is -4.23. The summed E-state index contributed by atoms with van der Waals surface area (Å²) in [5.41, 5.74) is 3.90. The molecule has 3 aromatic rings.